The van der Waals surface area contributed by atoms with E-state index in [1.54, 1.807) is 4.57 Å². The number of carboxylic acids is 1. The first kappa shape index (κ1) is 20.4. The van der Waals surface area contributed by atoms with E-state index in [2.05, 4.69) is 0 Å². The van der Waals surface area contributed by atoms with Gasteiger partial charge in [-0.25, -0.2) is 8.78 Å². The third-order valence-corrected chi connectivity index (χ3v) is 5.63. The standard InChI is InChI=1S/C22H18F5NO2/c23-15-9-17-16-3-1-2-13(8-19(29)30)20(16)28(21(17)18(24)10-15)11-12-4-6-14(7-5-12)22(25,26)27/h4-7,9-10,13H,1-3,8,11H2,(H,29,30). The van der Waals surface area contributed by atoms with E-state index in [1.165, 1.54) is 18.2 Å². The maximum absolute atomic E-state index is 14.8. The number of aromatic nitrogens is 1. The van der Waals surface area contributed by atoms with Crippen LogP contribution in [0.5, 0.6) is 0 Å². The fraction of sp³-hybridized carbons (Fsp3) is 0.318. The number of aliphatic carboxylic acids is 1. The fourth-order valence-electron chi connectivity index (χ4n) is 4.44. The highest BCUT2D eigenvalue weighted by molar-refractivity contribution is 5.87. The molecule has 0 saturated carbocycles. The summed E-state index contributed by atoms with van der Waals surface area (Å²) in [4.78, 5) is 11.4. The lowest BCUT2D eigenvalue weighted by Crippen LogP contribution is -2.18. The summed E-state index contributed by atoms with van der Waals surface area (Å²) in [5, 5.41) is 9.70. The summed E-state index contributed by atoms with van der Waals surface area (Å²) < 4.78 is 68.8. The molecule has 0 fully saturated rings. The van der Waals surface area contributed by atoms with Crippen LogP contribution < -0.4 is 0 Å². The lowest BCUT2D eigenvalue weighted by molar-refractivity contribution is -0.138. The third kappa shape index (κ3) is 3.66. The second kappa shape index (κ2) is 7.41. The van der Waals surface area contributed by atoms with Gasteiger partial charge in [-0.3, -0.25) is 4.79 Å². The minimum Gasteiger partial charge on any atom is -0.481 e. The lowest BCUT2D eigenvalue weighted by Gasteiger charge is -2.25. The van der Waals surface area contributed by atoms with Crippen LogP contribution in [-0.2, 0) is 23.9 Å². The molecule has 0 radical (unpaired) electrons. The van der Waals surface area contributed by atoms with Crippen molar-refractivity contribution < 1.29 is 31.9 Å². The van der Waals surface area contributed by atoms with Gasteiger partial charge >= 0.3 is 12.1 Å². The molecule has 0 aliphatic heterocycles. The van der Waals surface area contributed by atoms with Gasteiger partial charge in [-0.1, -0.05) is 12.1 Å². The Kier molecular flexibility index (Phi) is 5.03. The maximum Gasteiger partial charge on any atom is 0.416 e. The quantitative estimate of drug-likeness (QED) is 0.533. The predicted octanol–water partition coefficient (Wildman–Crippen LogP) is 5.88. The van der Waals surface area contributed by atoms with Gasteiger partial charge in [0.25, 0.3) is 0 Å². The highest BCUT2D eigenvalue weighted by Gasteiger charge is 2.32. The summed E-state index contributed by atoms with van der Waals surface area (Å²) in [5.74, 6) is -2.88. The monoisotopic (exact) mass is 423 g/mol. The minimum atomic E-state index is -4.46. The number of rotatable bonds is 4. The van der Waals surface area contributed by atoms with Crippen molar-refractivity contribution in [1.29, 1.82) is 0 Å². The summed E-state index contributed by atoms with van der Waals surface area (Å²) >= 11 is 0. The Morgan fingerprint density at radius 3 is 2.47 bits per heavy atom. The molecule has 1 aliphatic carbocycles. The van der Waals surface area contributed by atoms with Gasteiger partial charge in [0.2, 0.25) is 0 Å². The van der Waals surface area contributed by atoms with Gasteiger partial charge in [-0.2, -0.15) is 13.2 Å². The average molecular weight is 423 g/mol. The van der Waals surface area contributed by atoms with E-state index in [4.69, 9.17) is 0 Å². The molecule has 0 saturated heterocycles. The molecular formula is C22H18F5NO2. The van der Waals surface area contributed by atoms with Gasteiger partial charge in [-0.05, 0) is 48.6 Å². The van der Waals surface area contributed by atoms with Crippen LogP contribution in [0.1, 0.15) is 47.6 Å². The first-order valence-electron chi connectivity index (χ1n) is 9.53. The molecule has 3 nitrogen and oxygen atoms in total. The number of hydrogen-bond donors (Lipinski definition) is 1. The second-order valence-corrected chi connectivity index (χ2v) is 7.62. The SMILES string of the molecule is O=C(O)CC1CCCc2c1n(Cc1ccc(C(F)(F)F)cc1)c1c(F)cc(F)cc21. The summed E-state index contributed by atoms with van der Waals surface area (Å²) in [6, 6.07) is 6.55. The number of nitrogens with zero attached hydrogens (tertiary/aromatic N) is 1. The Bertz CT molecular complexity index is 1120. The van der Waals surface area contributed by atoms with E-state index in [0.717, 1.165) is 18.2 Å². The molecule has 2 aromatic carbocycles. The molecular weight excluding hydrogens is 405 g/mol. The van der Waals surface area contributed by atoms with Crippen LogP contribution in [0.2, 0.25) is 0 Å². The van der Waals surface area contributed by atoms with Crippen molar-refractivity contribution in [3.8, 4) is 0 Å². The minimum absolute atomic E-state index is 0.0582. The van der Waals surface area contributed by atoms with Gasteiger partial charge < -0.3 is 9.67 Å². The van der Waals surface area contributed by atoms with E-state index < -0.39 is 29.3 Å². The molecule has 1 aromatic heterocycles. The van der Waals surface area contributed by atoms with Crippen LogP contribution in [-0.4, -0.2) is 15.6 Å². The molecule has 0 amide bonds. The molecule has 1 heterocycles. The summed E-state index contributed by atoms with van der Waals surface area (Å²) in [5.41, 5.74) is 1.21. The highest BCUT2D eigenvalue weighted by atomic mass is 19.4. The molecule has 3 aromatic rings. The van der Waals surface area contributed by atoms with Crippen molar-refractivity contribution in [2.45, 2.75) is 44.3 Å². The van der Waals surface area contributed by atoms with Crippen molar-refractivity contribution in [1.82, 2.24) is 4.57 Å². The predicted molar refractivity (Wildman–Crippen MR) is 100 cm³/mol. The lowest BCUT2D eigenvalue weighted by atomic mass is 9.84. The number of halogens is 5. The number of carboxylic acid groups (broad SMARTS) is 1. The molecule has 1 atom stereocenters. The van der Waals surface area contributed by atoms with Crippen LogP contribution in [0.25, 0.3) is 10.9 Å². The van der Waals surface area contributed by atoms with Gasteiger partial charge in [0.05, 0.1) is 17.5 Å². The maximum atomic E-state index is 14.8. The zero-order chi connectivity index (χ0) is 21.6. The molecule has 4 rings (SSSR count). The van der Waals surface area contributed by atoms with E-state index in [9.17, 15) is 31.9 Å². The van der Waals surface area contributed by atoms with Crippen LogP contribution >= 0.6 is 0 Å². The smallest absolute Gasteiger partial charge is 0.416 e. The fourth-order valence-corrected chi connectivity index (χ4v) is 4.44. The van der Waals surface area contributed by atoms with E-state index in [0.29, 0.717) is 41.5 Å². The van der Waals surface area contributed by atoms with Crippen LogP contribution in [0, 0.1) is 11.6 Å². The van der Waals surface area contributed by atoms with Gasteiger partial charge in [0.1, 0.15) is 11.6 Å². The highest BCUT2D eigenvalue weighted by Crippen LogP contribution is 2.41. The Balaban J connectivity index is 1.86. The Hall–Kier alpha value is -2.90. The Morgan fingerprint density at radius 1 is 1.13 bits per heavy atom. The van der Waals surface area contributed by atoms with Gasteiger partial charge in [0.15, 0.2) is 0 Å². The zero-order valence-corrected chi connectivity index (χ0v) is 15.8. The largest absolute Gasteiger partial charge is 0.481 e. The molecule has 1 unspecified atom stereocenters. The topological polar surface area (TPSA) is 42.2 Å². The summed E-state index contributed by atoms with van der Waals surface area (Å²) in [7, 11) is 0. The van der Waals surface area contributed by atoms with Crippen molar-refractivity contribution in [3.63, 3.8) is 0 Å². The van der Waals surface area contributed by atoms with Crippen LogP contribution in [0.4, 0.5) is 22.0 Å². The van der Waals surface area contributed by atoms with Gasteiger partial charge in [0, 0.05) is 29.6 Å². The first-order chi connectivity index (χ1) is 14.1. The van der Waals surface area contributed by atoms with E-state index in [1.807, 2.05) is 0 Å². The van der Waals surface area contributed by atoms with Crippen molar-refractivity contribution in [2.24, 2.45) is 0 Å². The molecule has 8 heteroatoms. The van der Waals surface area contributed by atoms with Crippen LogP contribution in [0.15, 0.2) is 36.4 Å². The molecule has 0 bridgehead atoms. The molecule has 158 valence electrons. The molecule has 1 aliphatic rings. The number of fused-ring (bicyclic) bond motifs is 3. The number of aryl methyl sites for hydroxylation is 1. The van der Waals surface area contributed by atoms with Crippen molar-refractivity contribution in [2.75, 3.05) is 0 Å². The van der Waals surface area contributed by atoms with Crippen molar-refractivity contribution >= 4 is 16.9 Å². The third-order valence-electron chi connectivity index (χ3n) is 5.63. The van der Waals surface area contributed by atoms with E-state index in [-0.39, 0.29) is 24.4 Å². The normalized spacial score (nSPS) is 16.6. The summed E-state index contributed by atoms with van der Waals surface area (Å²) in [6.07, 6.45) is -2.77. The van der Waals surface area contributed by atoms with Crippen LogP contribution in [0.3, 0.4) is 0 Å². The molecule has 0 spiro atoms. The second-order valence-electron chi connectivity index (χ2n) is 7.62. The molecule has 30 heavy (non-hydrogen) atoms. The molecule has 1 N–H and O–H groups in total. The average Bonchev–Trinajstić information content (AvgIpc) is 2.96. The Labute approximate surface area is 168 Å². The van der Waals surface area contributed by atoms with Gasteiger partial charge in [-0.15, -0.1) is 0 Å². The zero-order valence-electron chi connectivity index (χ0n) is 15.8. The number of alkyl halides is 3. The Morgan fingerprint density at radius 2 is 1.83 bits per heavy atom. The number of carbonyl (C=O) groups is 1. The summed E-state index contributed by atoms with van der Waals surface area (Å²) in [6.45, 7) is 0.0582. The first-order valence-corrected chi connectivity index (χ1v) is 9.53. The number of hydrogen-bond acceptors (Lipinski definition) is 1. The van der Waals surface area contributed by atoms with E-state index >= 15 is 0 Å². The van der Waals surface area contributed by atoms with Crippen molar-refractivity contribution in [3.05, 3.63) is 70.4 Å². The number of benzene rings is 2.